The lowest BCUT2D eigenvalue weighted by Crippen LogP contribution is -2.09. The van der Waals surface area contributed by atoms with Crippen LogP contribution in [0.25, 0.3) is 0 Å². The smallest absolute Gasteiger partial charge is 0.335 e. The highest BCUT2D eigenvalue weighted by Gasteiger charge is 2.10. The molecule has 0 aromatic heterocycles. The molecule has 126 valence electrons. The number of carbonyl (C=O) groups is 1. The Morgan fingerprint density at radius 3 is 2.58 bits per heavy atom. The summed E-state index contributed by atoms with van der Waals surface area (Å²) in [6, 6.07) is 10.3. The molecular weight excluding hydrogens is 487 g/mol. The van der Waals surface area contributed by atoms with Crippen molar-refractivity contribution in [1.82, 2.24) is 0 Å². The molecule has 0 fully saturated rings. The first-order chi connectivity index (χ1) is 11.4. The lowest BCUT2D eigenvalue weighted by atomic mass is 10.2. The molecule has 2 aromatic rings. The molecule has 2 rings (SSSR count). The van der Waals surface area contributed by atoms with E-state index in [4.69, 9.17) is 9.84 Å². The fourth-order valence-corrected chi connectivity index (χ4v) is 3.58. The monoisotopic (exact) mass is 502 g/mol. The van der Waals surface area contributed by atoms with Gasteiger partial charge in [0.1, 0.15) is 5.75 Å². The molecule has 0 atom stereocenters. The van der Waals surface area contributed by atoms with Gasteiger partial charge in [-0.15, -0.1) is 0 Å². The van der Waals surface area contributed by atoms with Crippen molar-refractivity contribution in [2.75, 3.05) is 5.43 Å². The zero-order chi connectivity index (χ0) is 17.7. The first kappa shape index (κ1) is 18.7. The Bertz CT molecular complexity index is 761. The van der Waals surface area contributed by atoms with Gasteiger partial charge in [-0.25, -0.2) is 4.79 Å². The van der Waals surface area contributed by atoms with E-state index in [9.17, 15) is 4.79 Å². The van der Waals surface area contributed by atoms with Gasteiger partial charge in [0.25, 0.3) is 0 Å². The largest absolute Gasteiger partial charge is 0.489 e. The van der Waals surface area contributed by atoms with Crippen molar-refractivity contribution in [2.45, 2.75) is 20.0 Å². The molecule has 0 unspecified atom stereocenters. The molecular formula is C17H16BrIN2O3. The SMILES string of the molecule is CC(C)Oc1c(I)cc(Br)cc1/C=N/Nc1ccc(C(=O)O)cc1. The third-order valence-electron chi connectivity index (χ3n) is 2.92. The van der Waals surface area contributed by atoms with E-state index in [2.05, 4.69) is 49.0 Å². The molecule has 0 radical (unpaired) electrons. The molecule has 0 aliphatic rings. The van der Waals surface area contributed by atoms with Crippen LogP contribution in [-0.2, 0) is 0 Å². The minimum Gasteiger partial charge on any atom is -0.489 e. The zero-order valence-corrected chi connectivity index (χ0v) is 16.8. The highest BCUT2D eigenvalue weighted by atomic mass is 127. The van der Waals surface area contributed by atoms with Gasteiger partial charge in [-0.05, 0) is 72.8 Å². The molecule has 5 nitrogen and oxygen atoms in total. The number of carboxylic acids is 1. The summed E-state index contributed by atoms with van der Waals surface area (Å²) in [6.45, 7) is 3.95. The number of rotatable bonds is 6. The van der Waals surface area contributed by atoms with Crippen molar-refractivity contribution in [3.63, 3.8) is 0 Å². The second-order valence-corrected chi connectivity index (χ2v) is 7.30. The zero-order valence-electron chi connectivity index (χ0n) is 13.1. The molecule has 2 N–H and O–H groups in total. The number of hydrogen-bond acceptors (Lipinski definition) is 4. The van der Waals surface area contributed by atoms with Crippen LogP contribution in [0.2, 0.25) is 0 Å². The number of anilines is 1. The van der Waals surface area contributed by atoms with Gasteiger partial charge in [0.15, 0.2) is 0 Å². The van der Waals surface area contributed by atoms with Gasteiger partial charge in [0.2, 0.25) is 0 Å². The molecule has 7 heteroatoms. The summed E-state index contributed by atoms with van der Waals surface area (Å²) in [5.41, 5.74) is 4.66. The van der Waals surface area contributed by atoms with Gasteiger partial charge < -0.3 is 9.84 Å². The lowest BCUT2D eigenvalue weighted by molar-refractivity contribution is 0.0697. The van der Waals surface area contributed by atoms with E-state index in [1.165, 1.54) is 12.1 Å². The quantitative estimate of drug-likeness (QED) is 0.332. The second kappa shape index (κ2) is 8.48. The van der Waals surface area contributed by atoms with Crippen LogP contribution in [0, 0.1) is 3.57 Å². The molecule has 0 bridgehead atoms. The van der Waals surface area contributed by atoms with Gasteiger partial charge in [0, 0.05) is 10.0 Å². The van der Waals surface area contributed by atoms with Crippen molar-refractivity contribution < 1.29 is 14.6 Å². The Morgan fingerprint density at radius 2 is 2.00 bits per heavy atom. The number of nitrogens with one attached hydrogen (secondary N) is 1. The van der Waals surface area contributed by atoms with E-state index >= 15 is 0 Å². The third-order valence-corrected chi connectivity index (χ3v) is 4.18. The highest BCUT2D eigenvalue weighted by molar-refractivity contribution is 14.1. The Labute approximate surface area is 162 Å². The fraction of sp³-hybridized carbons (Fsp3) is 0.176. The summed E-state index contributed by atoms with van der Waals surface area (Å²) < 4.78 is 7.79. The molecule has 24 heavy (non-hydrogen) atoms. The van der Waals surface area contributed by atoms with E-state index in [0.717, 1.165) is 19.4 Å². The molecule has 0 amide bonds. The molecule has 0 spiro atoms. The summed E-state index contributed by atoms with van der Waals surface area (Å²) in [5, 5.41) is 13.1. The summed E-state index contributed by atoms with van der Waals surface area (Å²) in [4.78, 5) is 10.8. The van der Waals surface area contributed by atoms with Gasteiger partial charge >= 0.3 is 5.97 Å². The van der Waals surface area contributed by atoms with Crippen LogP contribution >= 0.6 is 38.5 Å². The van der Waals surface area contributed by atoms with Crippen LogP contribution in [0.1, 0.15) is 29.8 Å². The Kier molecular flexibility index (Phi) is 6.61. The van der Waals surface area contributed by atoms with E-state index < -0.39 is 5.97 Å². The number of hydrazone groups is 1. The maximum absolute atomic E-state index is 10.8. The number of ether oxygens (including phenoxy) is 1. The molecule has 0 aliphatic carbocycles. The third kappa shape index (κ3) is 5.20. The Balaban J connectivity index is 2.17. The number of halogens is 2. The summed E-state index contributed by atoms with van der Waals surface area (Å²) in [7, 11) is 0. The van der Waals surface area contributed by atoms with Crippen LogP contribution in [-0.4, -0.2) is 23.4 Å². The van der Waals surface area contributed by atoms with Crippen LogP contribution < -0.4 is 10.2 Å². The number of nitrogens with zero attached hydrogens (tertiary/aromatic N) is 1. The van der Waals surface area contributed by atoms with Gasteiger partial charge in [-0.2, -0.15) is 5.10 Å². The number of hydrogen-bond donors (Lipinski definition) is 2. The molecule has 0 heterocycles. The Morgan fingerprint density at radius 1 is 1.33 bits per heavy atom. The first-order valence-corrected chi connectivity index (χ1v) is 9.02. The summed E-state index contributed by atoms with van der Waals surface area (Å²) in [5.74, 6) is -0.176. The van der Waals surface area contributed by atoms with E-state index in [1.807, 2.05) is 26.0 Å². The second-order valence-electron chi connectivity index (χ2n) is 5.23. The van der Waals surface area contributed by atoms with E-state index in [1.54, 1.807) is 18.3 Å². The van der Waals surface area contributed by atoms with Crippen molar-refractivity contribution in [2.24, 2.45) is 5.10 Å². The maximum atomic E-state index is 10.8. The molecule has 2 aromatic carbocycles. The summed E-state index contributed by atoms with van der Waals surface area (Å²) in [6.07, 6.45) is 1.74. The van der Waals surface area contributed by atoms with Crippen molar-refractivity contribution >= 4 is 56.4 Å². The van der Waals surface area contributed by atoms with Crippen molar-refractivity contribution in [3.8, 4) is 5.75 Å². The van der Waals surface area contributed by atoms with E-state index in [0.29, 0.717) is 5.69 Å². The highest BCUT2D eigenvalue weighted by Crippen LogP contribution is 2.29. The normalized spacial score (nSPS) is 11.0. The Hall–Kier alpha value is -1.61. The lowest BCUT2D eigenvalue weighted by Gasteiger charge is -2.14. The van der Waals surface area contributed by atoms with Gasteiger partial charge in [0.05, 0.1) is 27.1 Å². The topological polar surface area (TPSA) is 70.9 Å². The fourth-order valence-electron chi connectivity index (χ4n) is 1.90. The molecule has 0 aliphatic heterocycles. The van der Waals surface area contributed by atoms with Crippen LogP contribution in [0.4, 0.5) is 5.69 Å². The van der Waals surface area contributed by atoms with Crippen molar-refractivity contribution in [3.05, 3.63) is 55.6 Å². The molecule has 0 saturated heterocycles. The minimum atomic E-state index is -0.954. The van der Waals surface area contributed by atoms with Gasteiger partial charge in [-0.3, -0.25) is 5.43 Å². The number of aromatic carboxylic acids is 1. The van der Waals surface area contributed by atoms with Crippen molar-refractivity contribution in [1.29, 1.82) is 0 Å². The van der Waals surface area contributed by atoms with Crippen LogP contribution in [0.5, 0.6) is 5.75 Å². The number of benzene rings is 2. The maximum Gasteiger partial charge on any atom is 0.335 e. The number of carboxylic acid groups (broad SMARTS) is 1. The van der Waals surface area contributed by atoms with E-state index in [-0.39, 0.29) is 11.7 Å². The van der Waals surface area contributed by atoms with Crippen LogP contribution in [0.3, 0.4) is 0 Å². The predicted molar refractivity (Wildman–Crippen MR) is 107 cm³/mol. The predicted octanol–water partition coefficient (Wildman–Crippen LogP) is 4.99. The first-order valence-electron chi connectivity index (χ1n) is 7.15. The molecule has 0 saturated carbocycles. The standard InChI is InChI=1S/C17H16BrIN2O3/c1-10(2)24-16-12(7-13(18)8-15(16)19)9-20-21-14-5-3-11(4-6-14)17(22)23/h3-10,21H,1-2H3,(H,22,23)/b20-9+. The average Bonchev–Trinajstić information content (AvgIpc) is 2.51. The minimum absolute atomic E-state index is 0.0587. The van der Waals surface area contributed by atoms with Crippen LogP contribution in [0.15, 0.2) is 46.0 Å². The van der Waals surface area contributed by atoms with Gasteiger partial charge in [-0.1, -0.05) is 15.9 Å². The summed E-state index contributed by atoms with van der Waals surface area (Å²) >= 11 is 5.70. The average molecular weight is 503 g/mol.